The molecule has 0 aliphatic carbocycles. The first-order chi connectivity index (χ1) is 12.5. The van der Waals surface area contributed by atoms with Gasteiger partial charge in [-0.1, -0.05) is 24.3 Å². The Bertz CT molecular complexity index is 911. The van der Waals surface area contributed by atoms with Crippen LogP contribution in [0.15, 0.2) is 48.7 Å². The van der Waals surface area contributed by atoms with Crippen molar-refractivity contribution in [2.75, 3.05) is 27.8 Å². The Hall–Kier alpha value is -2.63. The van der Waals surface area contributed by atoms with Gasteiger partial charge in [-0.15, -0.1) is 0 Å². The molecule has 136 valence electrons. The van der Waals surface area contributed by atoms with Crippen LogP contribution in [0.25, 0.3) is 10.9 Å². The maximum atomic E-state index is 11.9. The van der Waals surface area contributed by atoms with Gasteiger partial charge in [0.25, 0.3) is 0 Å². The van der Waals surface area contributed by atoms with Crippen LogP contribution in [0.1, 0.15) is 21.5 Å². The molecule has 1 heterocycles. The van der Waals surface area contributed by atoms with Gasteiger partial charge in [0.15, 0.2) is 5.78 Å². The summed E-state index contributed by atoms with van der Waals surface area (Å²) in [7, 11) is 5.73. The highest BCUT2D eigenvalue weighted by Gasteiger charge is 2.13. The minimum Gasteiger partial charge on any atom is -0.497 e. The summed E-state index contributed by atoms with van der Waals surface area (Å²) >= 11 is 0. The molecule has 0 atom stereocenters. The number of ether oxygens (including phenoxy) is 1. The van der Waals surface area contributed by atoms with E-state index in [1.54, 1.807) is 13.2 Å². The average molecular weight is 352 g/mol. The highest BCUT2D eigenvalue weighted by Crippen LogP contribution is 2.25. The molecule has 0 spiro atoms. The first-order valence-corrected chi connectivity index (χ1v) is 8.55. The van der Waals surface area contributed by atoms with Crippen LogP contribution in [0.2, 0.25) is 0 Å². The Morgan fingerprint density at radius 3 is 2.50 bits per heavy atom. The molecule has 3 rings (SSSR count). The third-order valence-corrected chi connectivity index (χ3v) is 4.43. The van der Waals surface area contributed by atoms with Crippen molar-refractivity contribution < 1.29 is 14.6 Å². The van der Waals surface area contributed by atoms with E-state index < -0.39 is 6.61 Å². The summed E-state index contributed by atoms with van der Waals surface area (Å²) in [4.78, 5) is 14.0. The zero-order valence-corrected chi connectivity index (χ0v) is 15.4. The standard InChI is InChI=1S/C21H24N2O3/c1-22(2)12-17-13-23(11-15-4-7-18(26-3)8-5-15)20-10-16(21(25)14-24)6-9-19(17)20/h4-10,13,24H,11-12,14H2,1-3H3. The average Bonchev–Trinajstić information content (AvgIpc) is 2.97. The van der Waals surface area contributed by atoms with Gasteiger partial charge in [-0.3, -0.25) is 4.79 Å². The van der Waals surface area contributed by atoms with Crippen LogP contribution in [0, 0.1) is 0 Å². The van der Waals surface area contributed by atoms with Gasteiger partial charge in [-0.25, -0.2) is 0 Å². The molecule has 3 aromatic rings. The van der Waals surface area contributed by atoms with Crippen molar-refractivity contribution in [3.05, 3.63) is 65.4 Å². The smallest absolute Gasteiger partial charge is 0.188 e. The molecule has 0 saturated heterocycles. The van der Waals surface area contributed by atoms with Crippen LogP contribution in [-0.2, 0) is 13.1 Å². The number of carbonyl (C=O) groups excluding carboxylic acids is 1. The largest absolute Gasteiger partial charge is 0.497 e. The molecule has 0 bridgehead atoms. The number of nitrogens with zero attached hydrogens (tertiary/aromatic N) is 2. The van der Waals surface area contributed by atoms with E-state index in [0.717, 1.165) is 28.8 Å². The predicted octanol–water partition coefficient (Wildman–Crippen LogP) is 2.93. The van der Waals surface area contributed by atoms with Gasteiger partial charge in [-0.05, 0) is 43.4 Å². The second kappa shape index (κ2) is 7.72. The van der Waals surface area contributed by atoms with Gasteiger partial charge in [0, 0.05) is 35.8 Å². The first-order valence-electron chi connectivity index (χ1n) is 8.55. The molecule has 0 unspecified atom stereocenters. The Balaban J connectivity index is 2.04. The van der Waals surface area contributed by atoms with Gasteiger partial charge < -0.3 is 19.3 Å². The lowest BCUT2D eigenvalue weighted by atomic mass is 10.1. The van der Waals surface area contributed by atoms with Gasteiger partial charge in [0.05, 0.1) is 7.11 Å². The van der Waals surface area contributed by atoms with Crippen LogP contribution < -0.4 is 4.74 Å². The number of Topliss-reactive ketones (excluding diaryl/α,β-unsaturated/α-hetero) is 1. The fourth-order valence-corrected chi connectivity index (χ4v) is 3.16. The number of aromatic nitrogens is 1. The van der Waals surface area contributed by atoms with Crippen molar-refractivity contribution >= 4 is 16.7 Å². The van der Waals surface area contributed by atoms with E-state index in [-0.39, 0.29) is 5.78 Å². The third kappa shape index (κ3) is 3.79. The number of fused-ring (bicyclic) bond motifs is 1. The van der Waals surface area contributed by atoms with Gasteiger partial charge >= 0.3 is 0 Å². The lowest BCUT2D eigenvalue weighted by Gasteiger charge is -2.08. The van der Waals surface area contributed by atoms with Crippen molar-refractivity contribution in [1.29, 1.82) is 0 Å². The number of aliphatic hydroxyl groups excluding tert-OH is 1. The monoisotopic (exact) mass is 352 g/mol. The summed E-state index contributed by atoms with van der Waals surface area (Å²) in [5.74, 6) is 0.563. The van der Waals surface area contributed by atoms with Crippen molar-refractivity contribution in [3.63, 3.8) is 0 Å². The Kier molecular flexibility index (Phi) is 5.40. The fraction of sp³-hybridized carbons (Fsp3) is 0.286. The normalized spacial score (nSPS) is 11.3. The molecule has 1 aromatic heterocycles. The summed E-state index contributed by atoms with van der Waals surface area (Å²) in [5.41, 5.74) is 3.89. The zero-order valence-electron chi connectivity index (χ0n) is 15.4. The van der Waals surface area contributed by atoms with Crippen molar-refractivity contribution in [2.45, 2.75) is 13.1 Å². The van der Waals surface area contributed by atoms with Crippen LogP contribution in [0.4, 0.5) is 0 Å². The minimum absolute atomic E-state index is 0.266. The van der Waals surface area contributed by atoms with E-state index in [4.69, 9.17) is 9.84 Å². The highest BCUT2D eigenvalue weighted by molar-refractivity contribution is 6.00. The van der Waals surface area contributed by atoms with Gasteiger partial charge in [0.2, 0.25) is 0 Å². The van der Waals surface area contributed by atoms with Crippen molar-refractivity contribution in [2.24, 2.45) is 0 Å². The number of hydrogen-bond donors (Lipinski definition) is 1. The molecule has 0 radical (unpaired) electrons. The maximum absolute atomic E-state index is 11.9. The fourth-order valence-electron chi connectivity index (χ4n) is 3.16. The number of aliphatic hydroxyl groups is 1. The van der Waals surface area contributed by atoms with Gasteiger partial charge in [-0.2, -0.15) is 0 Å². The summed E-state index contributed by atoms with van der Waals surface area (Å²) in [5, 5.41) is 10.3. The Morgan fingerprint density at radius 1 is 1.15 bits per heavy atom. The van der Waals surface area contributed by atoms with Crippen LogP contribution in [0.5, 0.6) is 5.75 Å². The Labute approximate surface area is 153 Å². The van der Waals surface area contributed by atoms with Crippen molar-refractivity contribution in [1.82, 2.24) is 9.47 Å². The summed E-state index contributed by atoms with van der Waals surface area (Å²) in [6.07, 6.45) is 2.14. The molecule has 0 saturated carbocycles. The second-order valence-corrected chi connectivity index (χ2v) is 6.68. The maximum Gasteiger partial charge on any atom is 0.188 e. The highest BCUT2D eigenvalue weighted by atomic mass is 16.5. The van der Waals surface area contributed by atoms with E-state index in [0.29, 0.717) is 12.1 Å². The molecule has 0 aliphatic rings. The van der Waals surface area contributed by atoms with Crippen LogP contribution in [0.3, 0.4) is 0 Å². The van der Waals surface area contributed by atoms with E-state index in [1.807, 2.05) is 50.5 Å². The second-order valence-electron chi connectivity index (χ2n) is 6.68. The van der Waals surface area contributed by atoms with Crippen LogP contribution in [-0.4, -0.2) is 48.2 Å². The van der Waals surface area contributed by atoms with E-state index >= 15 is 0 Å². The topological polar surface area (TPSA) is 54.7 Å². The molecule has 5 heteroatoms. The summed E-state index contributed by atoms with van der Waals surface area (Å²) in [6.45, 7) is 1.04. The molecule has 5 nitrogen and oxygen atoms in total. The number of hydrogen-bond acceptors (Lipinski definition) is 4. The molecule has 0 amide bonds. The molecule has 0 aliphatic heterocycles. The molecule has 26 heavy (non-hydrogen) atoms. The quantitative estimate of drug-likeness (QED) is 0.664. The minimum atomic E-state index is -0.477. The number of carbonyl (C=O) groups is 1. The molecule has 2 aromatic carbocycles. The van der Waals surface area contributed by atoms with Crippen LogP contribution >= 0.6 is 0 Å². The number of rotatable bonds is 7. The molecular formula is C21H24N2O3. The Morgan fingerprint density at radius 2 is 1.88 bits per heavy atom. The molecule has 0 fully saturated rings. The third-order valence-electron chi connectivity index (χ3n) is 4.43. The molecule has 1 N–H and O–H groups in total. The summed E-state index contributed by atoms with van der Waals surface area (Å²) in [6, 6.07) is 13.6. The van der Waals surface area contributed by atoms with E-state index in [2.05, 4.69) is 15.7 Å². The lowest BCUT2D eigenvalue weighted by molar-refractivity contribution is 0.0904. The van der Waals surface area contributed by atoms with Crippen molar-refractivity contribution in [3.8, 4) is 5.75 Å². The number of ketones is 1. The number of benzene rings is 2. The van der Waals surface area contributed by atoms with E-state index in [9.17, 15) is 4.79 Å². The van der Waals surface area contributed by atoms with E-state index in [1.165, 1.54) is 5.56 Å². The summed E-state index contributed by atoms with van der Waals surface area (Å²) < 4.78 is 7.38. The lowest BCUT2D eigenvalue weighted by Crippen LogP contribution is -2.10. The molecular weight excluding hydrogens is 328 g/mol. The number of methoxy groups -OCH3 is 1. The first kappa shape index (κ1) is 18.2. The zero-order chi connectivity index (χ0) is 18.7. The SMILES string of the molecule is COc1ccc(Cn2cc(CN(C)C)c3ccc(C(=O)CO)cc32)cc1. The van der Waals surface area contributed by atoms with Gasteiger partial charge in [0.1, 0.15) is 12.4 Å². The predicted molar refractivity (Wildman–Crippen MR) is 103 cm³/mol.